The number of nitrogens with zero attached hydrogens (tertiary/aromatic N) is 2. The molecular weight excluding hydrogens is 456 g/mol. The summed E-state index contributed by atoms with van der Waals surface area (Å²) >= 11 is 1.37. The van der Waals surface area contributed by atoms with Crippen molar-refractivity contribution < 1.29 is 14.4 Å². The topological polar surface area (TPSA) is 57.7 Å². The summed E-state index contributed by atoms with van der Waals surface area (Å²) in [5.41, 5.74) is 2.55. The number of carbonyl (C=O) groups excluding carboxylic acids is 3. The van der Waals surface area contributed by atoms with Gasteiger partial charge in [-0.05, 0) is 51.6 Å². The van der Waals surface area contributed by atoms with E-state index in [1.165, 1.54) is 16.2 Å². The molecule has 4 heterocycles. The quantitative estimate of drug-likeness (QED) is 0.297. The van der Waals surface area contributed by atoms with Crippen molar-refractivity contribution in [2.24, 2.45) is 11.8 Å². The number of rotatable bonds is 3. The molecule has 3 aliphatic heterocycles. The lowest BCUT2D eigenvalue weighted by atomic mass is 9.84. The summed E-state index contributed by atoms with van der Waals surface area (Å²) in [5, 5.41) is 3.86. The molecule has 4 atom stereocenters. The maximum atomic E-state index is 14.0. The second-order valence-electron chi connectivity index (χ2n) is 9.22. The van der Waals surface area contributed by atoms with Gasteiger partial charge in [-0.15, -0.1) is 11.3 Å². The van der Waals surface area contributed by atoms with E-state index in [0.29, 0.717) is 10.6 Å². The summed E-state index contributed by atoms with van der Waals surface area (Å²) in [6.07, 6.45) is 3.86. The fourth-order valence-electron chi connectivity index (χ4n) is 5.99. The van der Waals surface area contributed by atoms with Crippen molar-refractivity contribution in [2.45, 2.75) is 12.1 Å². The Bertz CT molecular complexity index is 1560. The van der Waals surface area contributed by atoms with Crippen LogP contribution >= 0.6 is 11.3 Å². The Morgan fingerprint density at radius 1 is 0.800 bits per heavy atom. The van der Waals surface area contributed by atoms with Gasteiger partial charge in [-0.2, -0.15) is 0 Å². The van der Waals surface area contributed by atoms with Crippen molar-refractivity contribution in [3.8, 4) is 0 Å². The third kappa shape index (κ3) is 2.83. The fraction of sp³-hybridized carbons (Fsp3) is 0.138. The van der Waals surface area contributed by atoms with E-state index in [0.717, 1.165) is 21.9 Å². The van der Waals surface area contributed by atoms with Crippen LogP contribution in [0.5, 0.6) is 0 Å². The lowest BCUT2D eigenvalue weighted by molar-refractivity contribution is -0.123. The van der Waals surface area contributed by atoms with E-state index in [4.69, 9.17) is 0 Å². The van der Waals surface area contributed by atoms with Gasteiger partial charge in [-0.1, -0.05) is 60.7 Å². The van der Waals surface area contributed by atoms with E-state index in [9.17, 15) is 14.4 Å². The maximum absolute atomic E-state index is 14.0. The van der Waals surface area contributed by atoms with Crippen molar-refractivity contribution >= 4 is 51.5 Å². The molecule has 0 unspecified atom stereocenters. The summed E-state index contributed by atoms with van der Waals surface area (Å²) in [6, 6.07) is 24.0. The van der Waals surface area contributed by atoms with Gasteiger partial charge in [0.2, 0.25) is 11.8 Å². The summed E-state index contributed by atoms with van der Waals surface area (Å²) in [4.78, 5) is 45.6. The molecule has 6 heteroatoms. The molecule has 3 aromatic carbocycles. The summed E-state index contributed by atoms with van der Waals surface area (Å²) < 4.78 is 0. The zero-order valence-electron chi connectivity index (χ0n) is 18.6. The Morgan fingerprint density at radius 2 is 1.57 bits per heavy atom. The number of ketones is 1. The predicted octanol–water partition coefficient (Wildman–Crippen LogP) is 5.30. The smallest absolute Gasteiger partial charge is 0.240 e. The molecule has 2 fully saturated rings. The van der Waals surface area contributed by atoms with Gasteiger partial charge in [0.1, 0.15) is 6.04 Å². The zero-order valence-corrected chi connectivity index (χ0v) is 19.4. The van der Waals surface area contributed by atoms with Crippen LogP contribution in [0.2, 0.25) is 0 Å². The normalized spacial score (nSPS) is 24.6. The van der Waals surface area contributed by atoms with Crippen LogP contribution in [0.3, 0.4) is 0 Å². The average molecular weight is 477 g/mol. The Kier molecular flexibility index (Phi) is 4.35. The molecular formula is C29H20N2O3S. The molecule has 7 rings (SSSR count). The van der Waals surface area contributed by atoms with Gasteiger partial charge in [0.15, 0.2) is 5.78 Å². The lowest BCUT2D eigenvalue weighted by Gasteiger charge is -2.35. The highest BCUT2D eigenvalue weighted by Crippen LogP contribution is 2.53. The summed E-state index contributed by atoms with van der Waals surface area (Å²) in [6.45, 7) is 0. The molecule has 2 amide bonds. The molecule has 0 N–H and O–H groups in total. The van der Waals surface area contributed by atoms with Crippen LogP contribution in [0, 0.1) is 11.8 Å². The van der Waals surface area contributed by atoms with Gasteiger partial charge in [-0.3, -0.25) is 14.4 Å². The van der Waals surface area contributed by atoms with Crippen LogP contribution in [0.1, 0.15) is 26.8 Å². The van der Waals surface area contributed by atoms with E-state index in [1.807, 2.05) is 95.4 Å². The van der Waals surface area contributed by atoms with Crippen LogP contribution in [0.4, 0.5) is 5.69 Å². The number of hydrogen-bond donors (Lipinski definition) is 0. The highest BCUT2D eigenvalue weighted by molar-refractivity contribution is 7.12. The lowest BCUT2D eigenvalue weighted by Crippen LogP contribution is -2.44. The number of anilines is 1. The highest BCUT2D eigenvalue weighted by Gasteiger charge is 2.64. The monoisotopic (exact) mass is 476 g/mol. The fourth-order valence-corrected chi connectivity index (χ4v) is 6.69. The number of Topliss-reactive ketones (excluding diaryl/α,β-unsaturated/α-hetero) is 1. The molecule has 4 aromatic rings. The SMILES string of the molecule is O=C(c1cccs1)[C@@H]1[C@@H]2C(=O)N(c3ccc4ccccc4c3)C(=O)[C@H]2[C@@H]2c3ccccc3C=CN12. The molecule has 0 bridgehead atoms. The third-order valence-corrected chi connectivity index (χ3v) is 8.37. The minimum absolute atomic E-state index is 0.108. The van der Waals surface area contributed by atoms with Crippen molar-refractivity contribution in [3.05, 3.63) is 106 Å². The van der Waals surface area contributed by atoms with Gasteiger partial charge < -0.3 is 4.90 Å². The van der Waals surface area contributed by atoms with Crippen LogP contribution in [0.15, 0.2) is 90.4 Å². The Morgan fingerprint density at radius 3 is 2.40 bits per heavy atom. The Hall–Kier alpha value is -4.03. The number of benzene rings is 3. The Balaban J connectivity index is 1.38. The number of carbonyl (C=O) groups is 3. The standard InChI is InChI=1S/C29H20N2O3S/c32-27(22-10-5-15-35-22)26-24-23(25-21-9-4-3-7-18(21)13-14-30(25)26)28(33)31(29(24)34)20-12-11-17-6-1-2-8-19(17)16-20/h1-16,23-26H/t23-,24-,25+,26+/m1/s1. The zero-order chi connectivity index (χ0) is 23.7. The first-order chi connectivity index (χ1) is 17.1. The number of amides is 2. The molecule has 170 valence electrons. The van der Waals surface area contributed by atoms with Crippen LogP contribution in [-0.2, 0) is 9.59 Å². The minimum Gasteiger partial charge on any atom is -0.358 e. The van der Waals surface area contributed by atoms with Gasteiger partial charge in [-0.25, -0.2) is 4.90 Å². The van der Waals surface area contributed by atoms with E-state index in [-0.39, 0.29) is 23.6 Å². The second kappa shape index (κ2) is 7.48. The highest BCUT2D eigenvalue weighted by atomic mass is 32.1. The van der Waals surface area contributed by atoms with Gasteiger partial charge in [0.25, 0.3) is 0 Å². The number of fused-ring (bicyclic) bond motifs is 6. The molecule has 35 heavy (non-hydrogen) atoms. The average Bonchev–Trinajstić information content (AvgIpc) is 3.60. The van der Waals surface area contributed by atoms with Crippen molar-refractivity contribution in [1.82, 2.24) is 4.90 Å². The minimum atomic E-state index is -0.746. The molecule has 0 radical (unpaired) electrons. The van der Waals surface area contributed by atoms with E-state index in [1.54, 1.807) is 6.07 Å². The van der Waals surface area contributed by atoms with Crippen LogP contribution in [-0.4, -0.2) is 28.5 Å². The molecule has 0 saturated carbocycles. The van der Waals surface area contributed by atoms with E-state index >= 15 is 0 Å². The molecule has 0 spiro atoms. The molecule has 5 nitrogen and oxygen atoms in total. The first-order valence-electron chi connectivity index (χ1n) is 11.6. The summed E-state index contributed by atoms with van der Waals surface area (Å²) in [7, 11) is 0. The van der Waals surface area contributed by atoms with Crippen LogP contribution < -0.4 is 4.90 Å². The first kappa shape index (κ1) is 20.4. The molecule has 0 aliphatic carbocycles. The van der Waals surface area contributed by atoms with Gasteiger partial charge in [0.05, 0.1) is 28.4 Å². The van der Waals surface area contributed by atoms with E-state index in [2.05, 4.69) is 0 Å². The molecule has 1 aromatic heterocycles. The second-order valence-corrected chi connectivity index (χ2v) is 10.2. The van der Waals surface area contributed by atoms with Gasteiger partial charge in [0, 0.05) is 6.20 Å². The first-order valence-corrected chi connectivity index (χ1v) is 12.5. The van der Waals surface area contributed by atoms with Crippen molar-refractivity contribution in [3.63, 3.8) is 0 Å². The number of thiophene rings is 1. The number of hydrogen-bond acceptors (Lipinski definition) is 5. The van der Waals surface area contributed by atoms with Gasteiger partial charge >= 0.3 is 0 Å². The molecule has 3 aliphatic rings. The predicted molar refractivity (Wildman–Crippen MR) is 136 cm³/mol. The maximum Gasteiger partial charge on any atom is 0.240 e. The Labute approximate surface area is 205 Å². The largest absolute Gasteiger partial charge is 0.358 e. The van der Waals surface area contributed by atoms with Crippen LogP contribution in [0.25, 0.3) is 16.8 Å². The third-order valence-electron chi connectivity index (χ3n) is 7.49. The number of imide groups is 1. The van der Waals surface area contributed by atoms with E-state index < -0.39 is 17.9 Å². The molecule has 2 saturated heterocycles. The summed E-state index contributed by atoms with van der Waals surface area (Å²) in [5.74, 6) is -2.02. The van der Waals surface area contributed by atoms with Crippen molar-refractivity contribution in [2.75, 3.05) is 4.90 Å². The van der Waals surface area contributed by atoms with Crippen molar-refractivity contribution in [1.29, 1.82) is 0 Å².